The Hall–Kier alpha value is -7.36. The van der Waals surface area contributed by atoms with E-state index < -0.39 is 0 Å². The van der Waals surface area contributed by atoms with Crippen LogP contribution in [0.4, 0.5) is 17.1 Å². The average Bonchev–Trinajstić information content (AvgIpc) is 3.89. The lowest BCUT2D eigenvalue weighted by atomic mass is 9.48. The van der Waals surface area contributed by atoms with Gasteiger partial charge in [0.05, 0.1) is 11.0 Å². The van der Waals surface area contributed by atoms with E-state index in [9.17, 15) is 0 Å². The van der Waals surface area contributed by atoms with Gasteiger partial charge in [-0.2, -0.15) is 0 Å². The van der Waals surface area contributed by atoms with Crippen LogP contribution in [0.2, 0.25) is 0 Å². The largest absolute Gasteiger partial charge is 0.456 e. The van der Waals surface area contributed by atoms with Crippen molar-refractivity contribution in [3.05, 3.63) is 206 Å². The zero-order valence-corrected chi connectivity index (χ0v) is 36.3. The summed E-state index contributed by atoms with van der Waals surface area (Å²) in [5.74, 6) is 2.70. The van der Waals surface area contributed by atoms with Crippen LogP contribution in [0.3, 0.4) is 0 Å². The second kappa shape index (κ2) is 14.3. The molecule has 0 unspecified atom stereocenters. The maximum Gasteiger partial charge on any atom is 0.135 e. The molecule has 0 atom stereocenters. The zero-order valence-electron chi connectivity index (χ0n) is 36.3. The molecule has 65 heavy (non-hydrogen) atoms. The van der Waals surface area contributed by atoms with Crippen LogP contribution in [0.25, 0.3) is 82.5 Å². The van der Waals surface area contributed by atoms with Crippen molar-refractivity contribution in [2.45, 2.75) is 43.9 Å². The van der Waals surface area contributed by atoms with Crippen LogP contribution < -0.4 is 4.90 Å². The molecule has 0 radical (unpaired) electrons. The molecule has 312 valence electrons. The molecule has 0 spiro atoms. The average molecular weight is 837 g/mol. The van der Waals surface area contributed by atoms with Gasteiger partial charge in [0.2, 0.25) is 0 Å². The Morgan fingerprint density at radius 1 is 0.431 bits per heavy atom. The Kier molecular flexibility index (Phi) is 8.17. The predicted octanol–water partition coefficient (Wildman–Crippen LogP) is 17.1. The van der Waals surface area contributed by atoms with E-state index >= 15 is 0 Å². The van der Waals surface area contributed by atoms with Gasteiger partial charge in [-0.05, 0) is 173 Å². The molecule has 0 amide bonds. The molecule has 0 N–H and O–H groups in total. The van der Waals surface area contributed by atoms with Crippen molar-refractivity contribution < 1.29 is 4.42 Å². The highest BCUT2D eigenvalue weighted by Gasteiger charge is 2.51. The first kappa shape index (κ1) is 37.1. The lowest BCUT2D eigenvalue weighted by molar-refractivity contribution is -0.00512. The number of furan rings is 1. The number of benzene rings is 9. The maximum atomic E-state index is 6.41. The van der Waals surface area contributed by atoms with Gasteiger partial charge in [-0.3, -0.25) is 0 Å². The van der Waals surface area contributed by atoms with E-state index in [-0.39, 0.29) is 0 Å². The topological polar surface area (TPSA) is 21.3 Å². The molecule has 9 aromatic carbocycles. The van der Waals surface area contributed by atoms with E-state index in [1.807, 2.05) is 0 Å². The van der Waals surface area contributed by atoms with Crippen molar-refractivity contribution in [2.24, 2.45) is 17.8 Å². The van der Waals surface area contributed by atoms with Crippen LogP contribution in [-0.2, 0) is 5.41 Å². The number of hydrogen-bond acceptors (Lipinski definition) is 2. The molecule has 2 heterocycles. The summed E-state index contributed by atoms with van der Waals surface area (Å²) >= 11 is 0. The minimum Gasteiger partial charge on any atom is -0.456 e. The second-order valence-electron chi connectivity index (χ2n) is 19.5. The minimum absolute atomic E-state index is 0.323. The predicted molar refractivity (Wildman–Crippen MR) is 271 cm³/mol. The number of fused-ring (bicyclic) bond motifs is 7. The summed E-state index contributed by atoms with van der Waals surface area (Å²) in [7, 11) is 0. The normalized spacial score (nSPS) is 20.2. The van der Waals surface area contributed by atoms with Gasteiger partial charge in [-0.1, -0.05) is 127 Å². The number of para-hydroxylation sites is 2. The van der Waals surface area contributed by atoms with E-state index in [2.05, 4.69) is 210 Å². The molecule has 15 rings (SSSR count). The Balaban J connectivity index is 1.02. The standard InChI is InChI=1S/C62H48N2O/c1-4-13-43(14-5-1)51-21-12-17-45-32-50(35-54(61(45)51)44-15-6-2-7-16-44)63(48-25-28-60-56(34-48)53-20-10-11-22-59(53)65-60)49-24-26-52-55-33-46(62-37-40-29-41(38-62)31-42(30-40)39-62)23-27-57(55)64(58(52)36-49)47-18-8-3-9-19-47/h1-28,32-36,40-42H,29-31,37-39H2. The third-order valence-corrected chi connectivity index (χ3v) is 15.7. The lowest BCUT2D eigenvalue weighted by Crippen LogP contribution is -2.48. The summed E-state index contributed by atoms with van der Waals surface area (Å²) in [4.78, 5) is 2.47. The molecular weight excluding hydrogens is 789 g/mol. The van der Waals surface area contributed by atoms with Crippen LogP contribution in [0.1, 0.15) is 44.1 Å². The Morgan fingerprint density at radius 3 is 1.83 bits per heavy atom. The van der Waals surface area contributed by atoms with Crippen molar-refractivity contribution in [1.82, 2.24) is 4.57 Å². The van der Waals surface area contributed by atoms with Gasteiger partial charge in [-0.15, -0.1) is 0 Å². The molecule has 4 aliphatic carbocycles. The van der Waals surface area contributed by atoms with Gasteiger partial charge in [0.15, 0.2) is 0 Å². The lowest BCUT2D eigenvalue weighted by Gasteiger charge is -2.57. The zero-order chi connectivity index (χ0) is 42.6. The van der Waals surface area contributed by atoms with Gasteiger partial charge >= 0.3 is 0 Å². The van der Waals surface area contributed by atoms with E-state index in [4.69, 9.17) is 4.42 Å². The van der Waals surface area contributed by atoms with E-state index in [1.165, 1.54) is 99.0 Å². The van der Waals surface area contributed by atoms with Crippen LogP contribution >= 0.6 is 0 Å². The molecule has 4 saturated carbocycles. The smallest absolute Gasteiger partial charge is 0.135 e. The summed E-state index contributed by atoms with van der Waals surface area (Å²) < 4.78 is 8.91. The van der Waals surface area contributed by atoms with E-state index in [0.717, 1.165) is 56.8 Å². The fraction of sp³-hybridized carbons (Fsp3) is 0.161. The van der Waals surface area contributed by atoms with Crippen molar-refractivity contribution in [1.29, 1.82) is 0 Å². The van der Waals surface area contributed by atoms with E-state index in [0.29, 0.717) is 5.41 Å². The molecule has 3 nitrogen and oxygen atoms in total. The molecule has 4 bridgehead atoms. The minimum atomic E-state index is 0.323. The molecule has 0 aliphatic heterocycles. The van der Waals surface area contributed by atoms with Gasteiger partial charge in [0.1, 0.15) is 11.2 Å². The molecule has 4 aliphatic rings. The fourth-order valence-corrected chi connectivity index (χ4v) is 13.3. The second-order valence-corrected chi connectivity index (χ2v) is 19.5. The first-order valence-corrected chi connectivity index (χ1v) is 23.7. The maximum absolute atomic E-state index is 6.41. The summed E-state index contributed by atoms with van der Waals surface area (Å²) in [5, 5.41) is 7.32. The Bertz CT molecular complexity index is 3600. The SMILES string of the molecule is c1ccc(-c2cccc3cc(N(c4ccc5oc6ccccc6c5c4)c4ccc5c6cc(C78CC9CC(CC(C9)C7)C8)ccc6n(-c6ccccc6)c5c4)cc(-c4ccccc4)c23)cc1. The first-order chi connectivity index (χ1) is 32.1. The highest BCUT2D eigenvalue weighted by atomic mass is 16.3. The van der Waals surface area contributed by atoms with Gasteiger partial charge < -0.3 is 13.9 Å². The van der Waals surface area contributed by atoms with Crippen LogP contribution in [0, 0.1) is 17.8 Å². The monoisotopic (exact) mass is 836 g/mol. The van der Waals surface area contributed by atoms with Crippen LogP contribution in [0.15, 0.2) is 205 Å². The molecular formula is C62H48N2O. The Labute approximate surface area is 379 Å². The molecule has 4 fully saturated rings. The number of nitrogens with zero attached hydrogens (tertiary/aromatic N) is 2. The number of rotatable bonds is 7. The van der Waals surface area contributed by atoms with Gasteiger partial charge in [0, 0.05) is 44.3 Å². The van der Waals surface area contributed by atoms with Crippen molar-refractivity contribution in [2.75, 3.05) is 4.90 Å². The van der Waals surface area contributed by atoms with Crippen molar-refractivity contribution in [3.8, 4) is 27.9 Å². The molecule has 11 aromatic rings. The van der Waals surface area contributed by atoms with Gasteiger partial charge in [0.25, 0.3) is 0 Å². The Morgan fingerprint density at radius 2 is 1.08 bits per heavy atom. The van der Waals surface area contributed by atoms with Crippen LogP contribution in [-0.4, -0.2) is 4.57 Å². The molecule has 0 saturated heterocycles. The van der Waals surface area contributed by atoms with Gasteiger partial charge in [-0.25, -0.2) is 0 Å². The van der Waals surface area contributed by atoms with Crippen LogP contribution in [0.5, 0.6) is 0 Å². The quantitative estimate of drug-likeness (QED) is 0.159. The number of aromatic nitrogens is 1. The summed E-state index contributed by atoms with van der Waals surface area (Å²) in [6, 6.07) is 74.1. The summed E-state index contributed by atoms with van der Waals surface area (Å²) in [6.07, 6.45) is 8.45. The molecule has 2 aromatic heterocycles. The number of anilines is 3. The third kappa shape index (κ3) is 5.88. The van der Waals surface area contributed by atoms with E-state index in [1.54, 1.807) is 5.56 Å². The highest BCUT2D eigenvalue weighted by molar-refractivity contribution is 6.13. The first-order valence-electron chi connectivity index (χ1n) is 23.7. The van der Waals surface area contributed by atoms with Crippen molar-refractivity contribution >= 4 is 71.6 Å². The van der Waals surface area contributed by atoms with Crippen molar-refractivity contribution in [3.63, 3.8) is 0 Å². The summed E-state index contributed by atoms with van der Waals surface area (Å²) in [6.45, 7) is 0. The summed E-state index contributed by atoms with van der Waals surface area (Å²) in [5.41, 5.74) is 15.4. The third-order valence-electron chi connectivity index (χ3n) is 15.7. The highest BCUT2D eigenvalue weighted by Crippen LogP contribution is 2.61. The fourth-order valence-electron chi connectivity index (χ4n) is 13.3. The number of hydrogen-bond donors (Lipinski definition) is 0. The molecule has 3 heteroatoms.